The van der Waals surface area contributed by atoms with Crippen LogP contribution in [0.1, 0.15) is 37.6 Å². The zero-order valence-corrected chi connectivity index (χ0v) is 15.8. The highest BCUT2D eigenvalue weighted by molar-refractivity contribution is 5.53. The number of hydrogen-bond donors (Lipinski definition) is 1. The standard InChI is InChI=1S/C21H27N5O/c1-2-5-18-14-21(27-24-18)16-22-17-8-12-25(13-9-17)19-6-3-7-20(15-19)26-11-4-10-23-26/h3-4,6-7,10-11,14-15,17,22H,2,5,8-9,12-13,16H2,1H3. The molecule has 3 aromatic rings. The van der Waals surface area contributed by atoms with Gasteiger partial charge >= 0.3 is 0 Å². The Balaban J connectivity index is 1.29. The zero-order chi connectivity index (χ0) is 18.5. The van der Waals surface area contributed by atoms with Gasteiger partial charge in [-0.25, -0.2) is 4.68 Å². The first kappa shape index (κ1) is 17.8. The number of aromatic nitrogens is 3. The summed E-state index contributed by atoms with van der Waals surface area (Å²) in [6, 6.07) is 13.1. The maximum atomic E-state index is 5.42. The molecule has 2 aromatic heterocycles. The predicted molar refractivity (Wildman–Crippen MR) is 106 cm³/mol. The van der Waals surface area contributed by atoms with Crippen molar-refractivity contribution in [2.45, 2.75) is 45.2 Å². The highest BCUT2D eigenvalue weighted by Gasteiger charge is 2.20. The van der Waals surface area contributed by atoms with Crippen molar-refractivity contribution in [2.75, 3.05) is 18.0 Å². The second-order valence-corrected chi connectivity index (χ2v) is 7.15. The Morgan fingerprint density at radius 2 is 2.00 bits per heavy atom. The van der Waals surface area contributed by atoms with E-state index < -0.39 is 0 Å². The molecule has 3 heterocycles. The van der Waals surface area contributed by atoms with Gasteiger partial charge in [0.2, 0.25) is 0 Å². The number of benzene rings is 1. The molecular formula is C21H27N5O. The molecule has 1 aliphatic rings. The van der Waals surface area contributed by atoms with Gasteiger partial charge in [-0.2, -0.15) is 5.10 Å². The summed E-state index contributed by atoms with van der Waals surface area (Å²) in [6.07, 6.45) is 8.12. The molecule has 0 aliphatic carbocycles. The van der Waals surface area contributed by atoms with Gasteiger partial charge < -0.3 is 14.7 Å². The van der Waals surface area contributed by atoms with Crippen molar-refractivity contribution in [1.29, 1.82) is 0 Å². The molecule has 27 heavy (non-hydrogen) atoms. The number of hydrogen-bond acceptors (Lipinski definition) is 5. The minimum atomic E-state index is 0.523. The van der Waals surface area contributed by atoms with Gasteiger partial charge in [-0.1, -0.05) is 24.6 Å². The molecule has 0 bridgehead atoms. The highest BCUT2D eigenvalue weighted by atomic mass is 16.5. The number of piperidine rings is 1. The number of nitrogens with one attached hydrogen (secondary N) is 1. The lowest BCUT2D eigenvalue weighted by Crippen LogP contribution is -2.42. The third-order valence-corrected chi connectivity index (χ3v) is 5.14. The Hall–Kier alpha value is -2.60. The van der Waals surface area contributed by atoms with E-state index in [-0.39, 0.29) is 0 Å². The van der Waals surface area contributed by atoms with Crippen LogP contribution in [-0.2, 0) is 13.0 Å². The van der Waals surface area contributed by atoms with Crippen LogP contribution >= 0.6 is 0 Å². The second-order valence-electron chi connectivity index (χ2n) is 7.15. The zero-order valence-electron chi connectivity index (χ0n) is 15.8. The van der Waals surface area contributed by atoms with Crippen LogP contribution in [-0.4, -0.2) is 34.1 Å². The molecule has 0 atom stereocenters. The molecule has 0 saturated carbocycles. The van der Waals surface area contributed by atoms with Crippen molar-refractivity contribution in [1.82, 2.24) is 20.3 Å². The molecule has 0 amide bonds. The van der Waals surface area contributed by atoms with E-state index in [1.807, 2.05) is 23.1 Å². The van der Waals surface area contributed by atoms with E-state index in [0.29, 0.717) is 6.04 Å². The number of aryl methyl sites for hydroxylation is 1. The summed E-state index contributed by atoms with van der Waals surface area (Å²) in [5.74, 6) is 0.938. The smallest absolute Gasteiger partial charge is 0.150 e. The fourth-order valence-corrected chi connectivity index (χ4v) is 3.65. The number of nitrogens with zero attached hydrogens (tertiary/aromatic N) is 4. The quantitative estimate of drug-likeness (QED) is 0.694. The van der Waals surface area contributed by atoms with Crippen molar-refractivity contribution in [2.24, 2.45) is 0 Å². The summed E-state index contributed by atoms with van der Waals surface area (Å²) < 4.78 is 7.32. The predicted octanol–water partition coefficient (Wildman–Crippen LogP) is 3.57. The van der Waals surface area contributed by atoms with Crippen molar-refractivity contribution < 1.29 is 4.52 Å². The Kier molecular flexibility index (Phi) is 5.53. The minimum Gasteiger partial charge on any atom is -0.371 e. The molecule has 1 fully saturated rings. The molecular weight excluding hydrogens is 338 g/mol. The molecule has 142 valence electrons. The summed E-state index contributed by atoms with van der Waals surface area (Å²) in [5.41, 5.74) is 3.42. The average molecular weight is 365 g/mol. The Morgan fingerprint density at radius 3 is 2.78 bits per heavy atom. The van der Waals surface area contributed by atoms with Gasteiger partial charge in [-0.15, -0.1) is 0 Å². The third kappa shape index (κ3) is 4.39. The molecule has 1 aromatic carbocycles. The van der Waals surface area contributed by atoms with Crippen LogP contribution in [0.25, 0.3) is 5.69 Å². The van der Waals surface area contributed by atoms with Crippen LogP contribution in [0.4, 0.5) is 5.69 Å². The van der Waals surface area contributed by atoms with E-state index >= 15 is 0 Å². The van der Waals surface area contributed by atoms with Gasteiger partial charge in [-0.3, -0.25) is 0 Å². The van der Waals surface area contributed by atoms with Gasteiger partial charge in [0, 0.05) is 43.3 Å². The van der Waals surface area contributed by atoms with Crippen LogP contribution in [0.3, 0.4) is 0 Å². The van der Waals surface area contributed by atoms with Crippen LogP contribution in [0.5, 0.6) is 0 Å². The van der Waals surface area contributed by atoms with Crippen molar-refractivity contribution in [3.63, 3.8) is 0 Å². The van der Waals surface area contributed by atoms with Crippen LogP contribution in [0.15, 0.2) is 53.3 Å². The van der Waals surface area contributed by atoms with Crippen LogP contribution < -0.4 is 10.2 Å². The summed E-state index contributed by atoms with van der Waals surface area (Å²) in [6.45, 7) is 5.02. The fraction of sp³-hybridized carbons (Fsp3) is 0.429. The van der Waals surface area contributed by atoms with Crippen molar-refractivity contribution in [3.05, 3.63) is 60.2 Å². The second kappa shape index (κ2) is 8.39. The summed E-state index contributed by atoms with van der Waals surface area (Å²) >= 11 is 0. The molecule has 1 aliphatic heterocycles. The van der Waals surface area contributed by atoms with Gasteiger partial charge in [0.05, 0.1) is 17.9 Å². The van der Waals surface area contributed by atoms with Crippen molar-refractivity contribution in [3.8, 4) is 5.69 Å². The molecule has 0 radical (unpaired) electrons. The largest absolute Gasteiger partial charge is 0.371 e. The fourth-order valence-electron chi connectivity index (χ4n) is 3.65. The van der Waals surface area contributed by atoms with E-state index in [0.717, 1.165) is 62.5 Å². The monoisotopic (exact) mass is 365 g/mol. The van der Waals surface area contributed by atoms with E-state index in [1.54, 1.807) is 0 Å². The van der Waals surface area contributed by atoms with Gasteiger partial charge in [0.25, 0.3) is 0 Å². The molecule has 0 unspecified atom stereocenters. The summed E-state index contributed by atoms with van der Waals surface area (Å²) in [5, 5.41) is 12.1. The highest BCUT2D eigenvalue weighted by Crippen LogP contribution is 2.22. The van der Waals surface area contributed by atoms with Crippen LogP contribution in [0.2, 0.25) is 0 Å². The molecule has 1 saturated heterocycles. The maximum Gasteiger partial charge on any atom is 0.150 e. The minimum absolute atomic E-state index is 0.523. The SMILES string of the molecule is CCCc1cc(CNC2CCN(c3cccc(-n4cccn4)c3)CC2)on1. The van der Waals surface area contributed by atoms with E-state index in [4.69, 9.17) is 4.52 Å². The van der Waals surface area contributed by atoms with Gasteiger partial charge in [0.1, 0.15) is 0 Å². The first-order valence-corrected chi connectivity index (χ1v) is 9.84. The van der Waals surface area contributed by atoms with Crippen molar-refractivity contribution >= 4 is 5.69 Å². The van der Waals surface area contributed by atoms with E-state index in [2.05, 4.69) is 57.7 Å². The van der Waals surface area contributed by atoms with Gasteiger partial charge in [0.15, 0.2) is 5.76 Å². The average Bonchev–Trinajstić information content (AvgIpc) is 3.40. The molecule has 0 spiro atoms. The first-order valence-electron chi connectivity index (χ1n) is 9.84. The normalized spacial score (nSPS) is 15.4. The first-order chi connectivity index (χ1) is 13.3. The lowest BCUT2D eigenvalue weighted by atomic mass is 10.0. The van der Waals surface area contributed by atoms with E-state index in [1.165, 1.54) is 5.69 Å². The Labute approximate surface area is 160 Å². The summed E-state index contributed by atoms with van der Waals surface area (Å²) in [4.78, 5) is 2.46. The lowest BCUT2D eigenvalue weighted by Gasteiger charge is -2.34. The molecule has 4 rings (SSSR count). The topological polar surface area (TPSA) is 59.1 Å². The lowest BCUT2D eigenvalue weighted by molar-refractivity contribution is 0.343. The molecule has 6 heteroatoms. The number of rotatable bonds is 7. The van der Waals surface area contributed by atoms with E-state index in [9.17, 15) is 0 Å². The maximum absolute atomic E-state index is 5.42. The summed E-state index contributed by atoms with van der Waals surface area (Å²) in [7, 11) is 0. The molecule has 6 nitrogen and oxygen atoms in total. The Morgan fingerprint density at radius 1 is 1.15 bits per heavy atom. The van der Waals surface area contributed by atoms with Gasteiger partial charge in [-0.05, 0) is 43.5 Å². The Bertz CT molecular complexity index is 834. The number of anilines is 1. The third-order valence-electron chi connectivity index (χ3n) is 5.14. The molecule has 1 N–H and O–H groups in total. The van der Waals surface area contributed by atoms with Crippen LogP contribution in [0, 0.1) is 0 Å².